The van der Waals surface area contributed by atoms with Crippen LogP contribution in [0.1, 0.15) is 136 Å². The van der Waals surface area contributed by atoms with Crippen LogP contribution in [0.25, 0.3) is 0 Å². The van der Waals surface area contributed by atoms with Crippen molar-refractivity contribution in [1.29, 1.82) is 0 Å². The second-order valence-corrected chi connectivity index (χ2v) is 8.26. The number of hydrogen-bond donors (Lipinski definition) is 1. The molecule has 0 aliphatic rings. The van der Waals surface area contributed by atoms with Crippen molar-refractivity contribution >= 4 is 5.97 Å². The fraction of sp³-hybridized carbons (Fsp3) is 0.958. The summed E-state index contributed by atoms with van der Waals surface area (Å²) in [6.45, 7) is 5.99. The molecular formula is C24H48O3. The Bertz CT molecular complexity index is 295. The van der Waals surface area contributed by atoms with Crippen LogP contribution in [0.4, 0.5) is 0 Å². The minimum Gasteiger partial charge on any atom is -0.460 e. The topological polar surface area (TPSA) is 46.5 Å². The van der Waals surface area contributed by atoms with Crippen LogP contribution in [0.15, 0.2) is 0 Å². The van der Waals surface area contributed by atoms with E-state index in [0.717, 1.165) is 25.7 Å². The minimum absolute atomic E-state index is 0.00715. The van der Waals surface area contributed by atoms with Crippen molar-refractivity contribution in [2.75, 3.05) is 0 Å². The Hall–Kier alpha value is -0.570. The maximum Gasteiger partial charge on any atom is 0.334 e. The summed E-state index contributed by atoms with van der Waals surface area (Å²) >= 11 is 0. The van der Waals surface area contributed by atoms with E-state index < -0.39 is 12.1 Å². The predicted molar refractivity (Wildman–Crippen MR) is 116 cm³/mol. The number of aliphatic hydroxyl groups excluding tert-OH is 1. The standard InChI is InChI=1S/C24H48O3/c1-4-6-8-10-12-14-16-18-20-23(27-24(26)22(3)25)21-19-17-15-13-11-9-7-5-2/h22-23,25H,4-21H2,1-3H3. The lowest BCUT2D eigenvalue weighted by Gasteiger charge is -2.19. The smallest absolute Gasteiger partial charge is 0.334 e. The number of esters is 1. The average molecular weight is 385 g/mol. The molecule has 0 rings (SSSR count). The highest BCUT2D eigenvalue weighted by molar-refractivity contribution is 5.73. The maximum absolute atomic E-state index is 11.8. The molecule has 0 amide bonds. The van der Waals surface area contributed by atoms with Gasteiger partial charge in [0.2, 0.25) is 0 Å². The molecule has 3 nitrogen and oxygen atoms in total. The normalized spacial score (nSPS) is 12.5. The lowest BCUT2D eigenvalue weighted by Crippen LogP contribution is -2.26. The molecule has 0 aromatic heterocycles. The van der Waals surface area contributed by atoms with Gasteiger partial charge in [0.1, 0.15) is 12.2 Å². The third-order valence-electron chi connectivity index (χ3n) is 5.38. The summed E-state index contributed by atoms with van der Waals surface area (Å²) in [7, 11) is 0. The molecule has 0 aliphatic heterocycles. The number of carbonyl (C=O) groups is 1. The second kappa shape index (κ2) is 20.2. The number of unbranched alkanes of at least 4 members (excludes halogenated alkanes) is 14. The Morgan fingerprint density at radius 2 is 1.00 bits per heavy atom. The summed E-state index contributed by atoms with van der Waals surface area (Å²) in [4.78, 5) is 11.8. The van der Waals surface area contributed by atoms with E-state index in [9.17, 15) is 9.90 Å². The lowest BCUT2D eigenvalue weighted by atomic mass is 10.0. The summed E-state index contributed by atoms with van der Waals surface area (Å²) in [5.41, 5.74) is 0. The first-order valence-corrected chi connectivity index (χ1v) is 12.0. The summed E-state index contributed by atoms with van der Waals surface area (Å²) in [6.07, 6.45) is 21.6. The van der Waals surface area contributed by atoms with Gasteiger partial charge < -0.3 is 9.84 Å². The van der Waals surface area contributed by atoms with E-state index in [4.69, 9.17) is 4.74 Å². The van der Waals surface area contributed by atoms with Gasteiger partial charge in [-0.25, -0.2) is 4.79 Å². The Labute approximate surface area is 169 Å². The van der Waals surface area contributed by atoms with Crippen LogP contribution < -0.4 is 0 Å². The molecule has 0 aromatic carbocycles. The Balaban J connectivity index is 3.86. The number of hydrogen-bond acceptors (Lipinski definition) is 3. The molecule has 0 spiro atoms. The van der Waals surface area contributed by atoms with Crippen LogP contribution in [0.2, 0.25) is 0 Å². The van der Waals surface area contributed by atoms with Crippen LogP contribution in [0, 0.1) is 0 Å². The van der Waals surface area contributed by atoms with Gasteiger partial charge in [0, 0.05) is 0 Å². The molecule has 0 aromatic rings. The zero-order chi connectivity index (χ0) is 20.2. The van der Waals surface area contributed by atoms with Crippen LogP contribution >= 0.6 is 0 Å². The third-order valence-corrected chi connectivity index (χ3v) is 5.38. The van der Waals surface area contributed by atoms with E-state index >= 15 is 0 Å². The van der Waals surface area contributed by atoms with E-state index in [2.05, 4.69) is 13.8 Å². The van der Waals surface area contributed by atoms with Gasteiger partial charge in [0.25, 0.3) is 0 Å². The van der Waals surface area contributed by atoms with Crippen molar-refractivity contribution in [2.24, 2.45) is 0 Å². The van der Waals surface area contributed by atoms with E-state index in [1.807, 2.05) is 0 Å². The van der Waals surface area contributed by atoms with Crippen LogP contribution in [-0.4, -0.2) is 23.3 Å². The van der Waals surface area contributed by atoms with Gasteiger partial charge in [-0.3, -0.25) is 0 Å². The van der Waals surface area contributed by atoms with Gasteiger partial charge >= 0.3 is 5.97 Å². The molecule has 0 heterocycles. The third kappa shape index (κ3) is 18.6. The molecule has 1 unspecified atom stereocenters. The summed E-state index contributed by atoms with van der Waals surface area (Å²) in [5, 5.41) is 9.42. The average Bonchev–Trinajstić information content (AvgIpc) is 2.65. The highest BCUT2D eigenvalue weighted by Crippen LogP contribution is 2.18. The zero-order valence-corrected chi connectivity index (χ0v) is 18.6. The first-order chi connectivity index (χ1) is 13.1. The van der Waals surface area contributed by atoms with Gasteiger partial charge in [-0.05, 0) is 32.6 Å². The fourth-order valence-electron chi connectivity index (χ4n) is 3.54. The van der Waals surface area contributed by atoms with Crippen LogP contribution in [0.3, 0.4) is 0 Å². The van der Waals surface area contributed by atoms with E-state index in [1.54, 1.807) is 0 Å². The number of aliphatic hydroxyl groups is 1. The molecule has 0 radical (unpaired) electrons. The quantitative estimate of drug-likeness (QED) is 0.176. The van der Waals surface area contributed by atoms with Crippen molar-refractivity contribution in [2.45, 2.75) is 149 Å². The predicted octanol–water partition coefficient (Wildman–Crippen LogP) is 7.34. The molecule has 27 heavy (non-hydrogen) atoms. The van der Waals surface area contributed by atoms with Gasteiger partial charge in [0.05, 0.1) is 0 Å². The SMILES string of the molecule is CCCCCCCCCCC(CCCCCCCCCC)OC(=O)C(C)O. The van der Waals surface area contributed by atoms with E-state index in [-0.39, 0.29) is 6.10 Å². The Morgan fingerprint density at radius 1 is 0.667 bits per heavy atom. The van der Waals surface area contributed by atoms with Crippen molar-refractivity contribution in [3.8, 4) is 0 Å². The molecule has 162 valence electrons. The number of ether oxygens (including phenoxy) is 1. The molecule has 0 saturated carbocycles. The molecule has 1 N–H and O–H groups in total. The van der Waals surface area contributed by atoms with Crippen LogP contribution in [-0.2, 0) is 9.53 Å². The molecule has 0 saturated heterocycles. The first kappa shape index (κ1) is 26.4. The second-order valence-electron chi connectivity index (χ2n) is 8.26. The Kier molecular flexibility index (Phi) is 19.7. The van der Waals surface area contributed by atoms with Gasteiger partial charge in [-0.2, -0.15) is 0 Å². The van der Waals surface area contributed by atoms with E-state index in [0.29, 0.717) is 0 Å². The van der Waals surface area contributed by atoms with Crippen molar-refractivity contribution < 1.29 is 14.6 Å². The molecule has 0 bridgehead atoms. The van der Waals surface area contributed by atoms with Crippen LogP contribution in [0.5, 0.6) is 0 Å². The summed E-state index contributed by atoms with van der Waals surface area (Å²) in [5.74, 6) is -0.459. The van der Waals surface area contributed by atoms with Gasteiger partial charge in [-0.1, -0.05) is 104 Å². The summed E-state index contributed by atoms with van der Waals surface area (Å²) in [6, 6.07) is 0. The molecular weight excluding hydrogens is 336 g/mol. The largest absolute Gasteiger partial charge is 0.460 e. The molecule has 0 fully saturated rings. The number of rotatable bonds is 20. The minimum atomic E-state index is -1.01. The van der Waals surface area contributed by atoms with E-state index in [1.165, 1.54) is 96.8 Å². The summed E-state index contributed by atoms with van der Waals surface area (Å²) < 4.78 is 5.54. The first-order valence-electron chi connectivity index (χ1n) is 12.0. The molecule has 3 heteroatoms. The number of carbonyl (C=O) groups excluding carboxylic acids is 1. The fourth-order valence-corrected chi connectivity index (χ4v) is 3.54. The van der Waals surface area contributed by atoms with Gasteiger partial charge in [-0.15, -0.1) is 0 Å². The monoisotopic (exact) mass is 384 g/mol. The van der Waals surface area contributed by atoms with Crippen molar-refractivity contribution in [3.63, 3.8) is 0 Å². The van der Waals surface area contributed by atoms with Crippen molar-refractivity contribution in [1.82, 2.24) is 0 Å². The zero-order valence-electron chi connectivity index (χ0n) is 18.6. The highest BCUT2D eigenvalue weighted by atomic mass is 16.6. The Morgan fingerprint density at radius 3 is 1.33 bits per heavy atom. The van der Waals surface area contributed by atoms with Gasteiger partial charge in [0.15, 0.2) is 0 Å². The molecule has 0 aliphatic carbocycles. The highest BCUT2D eigenvalue weighted by Gasteiger charge is 2.17. The molecule has 1 atom stereocenters. The van der Waals surface area contributed by atoms with Crippen molar-refractivity contribution in [3.05, 3.63) is 0 Å². The lowest BCUT2D eigenvalue weighted by molar-refractivity contribution is -0.158. The maximum atomic E-state index is 11.8.